The number of hydrogen-bond acceptors (Lipinski definition) is 3. The Morgan fingerprint density at radius 1 is 1.45 bits per heavy atom. The molecule has 5 heteroatoms. The summed E-state index contributed by atoms with van der Waals surface area (Å²) >= 11 is 0. The summed E-state index contributed by atoms with van der Waals surface area (Å²) in [6, 6.07) is 0. The van der Waals surface area contributed by atoms with Crippen LogP contribution in [0.4, 0.5) is 4.79 Å². The second kappa shape index (κ2) is 5.85. The van der Waals surface area contributed by atoms with E-state index < -0.39 is 0 Å². The van der Waals surface area contributed by atoms with E-state index in [0.717, 1.165) is 24.8 Å². The van der Waals surface area contributed by atoms with Crippen molar-refractivity contribution in [2.45, 2.75) is 59.0 Å². The molecule has 0 unspecified atom stereocenters. The second-order valence-electron chi connectivity index (χ2n) is 6.34. The molecule has 0 saturated carbocycles. The highest BCUT2D eigenvalue weighted by Crippen LogP contribution is 2.24. The van der Waals surface area contributed by atoms with Gasteiger partial charge in [-0.05, 0) is 27.2 Å². The summed E-state index contributed by atoms with van der Waals surface area (Å²) in [7, 11) is 0. The van der Waals surface area contributed by atoms with Gasteiger partial charge in [0.25, 0.3) is 0 Å². The number of fused-ring (bicyclic) bond motifs is 1. The average molecular weight is 279 g/mol. The van der Waals surface area contributed by atoms with Gasteiger partial charge in [0.1, 0.15) is 0 Å². The zero-order chi connectivity index (χ0) is 14.8. The molecule has 20 heavy (non-hydrogen) atoms. The highest BCUT2D eigenvalue weighted by Gasteiger charge is 2.27. The largest absolute Gasteiger partial charge is 0.449 e. The molecule has 1 aromatic heterocycles. The standard InChI is InChI=1S/C15H25N3O2/c1-5-6-9-20-14(19)17-8-7-13-12(11-17)10-16-18(13)15(2,3)4/h10H,5-9,11H2,1-4H3. The molecule has 0 bridgehead atoms. The molecule has 1 amide bonds. The lowest BCUT2D eigenvalue weighted by atomic mass is 10.0. The predicted molar refractivity (Wildman–Crippen MR) is 77.6 cm³/mol. The quantitative estimate of drug-likeness (QED) is 0.799. The van der Waals surface area contributed by atoms with Crippen LogP contribution in [0.2, 0.25) is 0 Å². The fourth-order valence-corrected chi connectivity index (χ4v) is 2.46. The topological polar surface area (TPSA) is 47.4 Å². The molecule has 1 aliphatic heterocycles. The van der Waals surface area contributed by atoms with Gasteiger partial charge in [-0.25, -0.2) is 4.79 Å². The number of rotatable bonds is 3. The van der Waals surface area contributed by atoms with Crippen molar-refractivity contribution < 1.29 is 9.53 Å². The summed E-state index contributed by atoms with van der Waals surface area (Å²) in [6.45, 7) is 10.3. The van der Waals surface area contributed by atoms with Crippen LogP contribution >= 0.6 is 0 Å². The van der Waals surface area contributed by atoms with Gasteiger partial charge in [-0.2, -0.15) is 5.10 Å². The molecular weight excluding hydrogens is 254 g/mol. The van der Waals surface area contributed by atoms with Gasteiger partial charge in [0, 0.05) is 24.2 Å². The zero-order valence-corrected chi connectivity index (χ0v) is 13.0. The van der Waals surface area contributed by atoms with Gasteiger partial charge in [-0.1, -0.05) is 13.3 Å². The maximum atomic E-state index is 12.0. The Kier molecular flexibility index (Phi) is 4.35. The summed E-state index contributed by atoms with van der Waals surface area (Å²) in [5.74, 6) is 0. The normalized spacial score (nSPS) is 15.1. The van der Waals surface area contributed by atoms with Gasteiger partial charge in [0.15, 0.2) is 0 Å². The molecule has 0 spiro atoms. The molecule has 0 atom stereocenters. The maximum Gasteiger partial charge on any atom is 0.410 e. The van der Waals surface area contributed by atoms with E-state index in [-0.39, 0.29) is 11.6 Å². The van der Waals surface area contributed by atoms with Crippen molar-refractivity contribution in [2.24, 2.45) is 0 Å². The van der Waals surface area contributed by atoms with Crippen LogP contribution < -0.4 is 0 Å². The molecule has 5 nitrogen and oxygen atoms in total. The maximum absolute atomic E-state index is 12.0. The molecule has 0 aliphatic carbocycles. The fourth-order valence-electron chi connectivity index (χ4n) is 2.46. The molecule has 2 heterocycles. The van der Waals surface area contributed by atoms with E-state index in [1.54, 1.807) is 4.90 Å². The van der Waals surface area contributed by atoms with Gasteiger partial charge >= 0.3 is 6.09 Å². The monoisotopic (exact) mass is 279 g/mol. The average Bonchev–Trinajstić information content (AvgIpc) is 2.81. The van der Waals surface area contributed by atoms with Crippen LogP contribution in [0.15, 0.2) is 6.20 Å². The Balaban J connectivity index is 2.02. The number of carbonyl (C=O) groups is 1. The Morgan fingerprint density at radius 3 is 2.85 bits per heavy atom. The van der Waals surface area contributed by atoms with Crippen LogP contribution in [-0.2, 0) is 23.2 Å². The summed E-state index contributed by atoms with van der Waals surface area (Å²) in [5.41, 5.74) is 2.37. The van der Waals surface area contributed by atoms with Crippen molar-refractivity contribution in [3.63, 3.8) is 0 Å². The lowest BCUT2D eigenvalue weighted by molar-refractivity contribution is 0.0960. The Labute approximate surface area is 120 Å². The third-order valence-corrected chi connectivity index (χ3v) is 3.55. The van der Waals surface area contributed by atoms with Crippen LogP contribution in [0.3, 0.4) is 0 Å². The lowest BCUT2D eigenvalue weighted by Gasteiger charge is -2.29. The van der Waals surface area contributed by atoms with E-state index in [4.69, 9.17) is 4.74 Å². The summed E-state index contributed by atoms with van der Waals surface area (Å²) in [4.78, 5) is 13.7. The Morgan fingerprint density at radius 2 is 2.20 bits per heavy atom. The number of ether oxygens (including phenoxy) is 1. The number of hydrogen-bond donors (Lipinski definition) is 0. The second-order valence-corrected chi connectivity index (χ2v) is 6.34. The molecule has 2 rings (SSSR count). The first kappa shape index (κ1) is 14.9. The molecule has 0 aromatic carbocycles. The highest BCUT2D eigenvalue weighted by atomic mass is 16.6. The number of aromatic nitrogens is 2. The molecule has 112 valence electrons. The SMILES string of the molecule is CCCCOC(=O)N1CCc2c(cnn2C(C)(C)C)C1. The van der Waals surface area contributed by atoms with Gasteiger partial charge in [0.05, 0.1) is 24.9 Å². The first-order chi connectivity index (χ1) is 9.43. The number of unbranched alkanes of at least 4 members (excludes halogenated alkanes) is 1. The van der Waals surface area contributed by atoms with Gasteiger partial charge < -0.3 is 9.64 Å². The fraction of sp³-hybridized carbons (Fsp3) is 0.733. The van der Waals surface area contributed by atoms with Crippen molar-refractivity contribution in [2.75, 3.05) is 13.2 Å². The van der Waals surface area contributed by atoms with E-state index in [1.807, 2.05) is 6.20 Å². The van der Waals surface area contributed by atoms with E-state index in [9.17, 15) is 4.79 Å². The Bertz CT molecular complexity index is 474. The highest BCUT2D eigenvalue weighted by molar-refractivity contribution is 5.68. The van der Waals surface area contributed by atoms with E-state index >= 15 is 0 Å². The van der Waals surface area contributed by atoms with Crippen LogP contribution in [0.1, 0.15) is 51.8 Å². The summed E-state index contributed by atoms with van der Waals surface area (Å²) in [6.07, 6.45) is 4.48. The minimum absolute atomic E-state index is 0.0165. The smallest absolute Gasteiger partial charge is 0.410 e. The first-order valence-corrected chi connectivity index (χ1v) is 7.41. The Hall–Kier alpha value is -1.52. The summed E-state index contributed by atoms with van der Waals surface area (Å²) < 4.78 is 7.34. The van der Waals surface area contributed by atoms with Gasteiger partial charge in [-0.3, -0.25) is 4.68 Å². The molecule has 1 aromatic rings. The number of carbonyl (C=O) groups excluding carboxylic acids is 1. The van der Waals surface area contributed by atoms with Crippen molar-refractivity contribution in [3.8, 4) is 0 Å². The van der Waals surface area contributed by atoms with Crippen molar-refractivity contribution in [3.05, 3.63) is 17.5 Å². The van der Waals surface area contributed by atoms with Gasteiger partial charge in [0.2, 0.25) is 0 Å². The van der Waals surface area contributed by atoms with E-state index in [0.29, 0.717) is 19.7 Å². The van der Waals surface area contributed by atoms with Crippen molar-refractivity contribution in [1.29, 1.82) is 0 Å². The van der Waals surface area contributed by atoms with E-state index in [1.165, 1.54) is 5.69 Å². The van der Waals surface area contributed by atoms with Crippen LogP contribution in [0.5, 0.6) is 0 Å². The molecule has 1 aliphatic rings. The predicted octanol–water partition coefficient (Wildman–Crippen LogP) is 2.93. The van der Waals surface area contributed by atoms with Crippen molar-refractivity contribution >= 4 is 6.09 Å². The van der Waals surface area contributed by atoms with Crippen LogP contribution in [0, 0.1) is 0 Å². The third-order valence-electron chi connectivity index (χ3n) is 3.55. The molecule has 0 saturated heterocycles. The van der Waals surface area contributed by atoms with Crippen LogP contribution in [-0.4, -0.2) is 33.9 Å². The molecule has 0 fully saturated rings. The number of nitrogens with zero attached hydrogens (tertiary/aromatic N) is 3. The third kappa shape index (κ3) is 3.14. The van der Waals surface area contributed by atoms with E-state index in [2.05, 4.69) is 37.5 Å². The van der Waals surface area contributed by atoms with Crippen molar-refractivity contribution in [1.82, 2.24) is 14.7 Å². The molecule has 0 N–H and O–H groups in total. The lowest BCUT2D eigenvalue weighted by Crippen LogP contribution is -2.38. The zero-order valence-electron chi connectivity index (χ0n) is 13.0. The van der Waals surface area contributed by atoms with Crippen LogP contribution in [0.25, 0.3) is 0 Å². The molecule has 0 radical (unpaired) electrons. The number of amides is 1. The molecular formula is C15H25N3O2. The van der Waals surface area contributed by atoms with Gasteiger partial charge in [-0.15, -0.1) is 0 Å². The first-order valence-electron chi connectivity index (χ1n) is 7.41. The summed E-state index contributed by atoms with van der Waals surface area (Å²) in [5, 5.41) is 4.48. The minimum Gasteiger partial charge on any atom is -0.449 e. The minimum atomic E-state index is -0.201.